The van der Waals surface area contributed by atoms with Gasteiger partial charge < -0.3 is 4.74 Å². The highest BCUT2D eigenvalue weighted by Crippen LogP contribution is 2.26. The van der Waals surface area contributed by atoms with Gasteiger partial charge in [-0.05, 0) is 25.0 Å². The molecule has 2 atom stereocenters. The number of hydrogen-bond acceptors (Lipinski definition) is 5. The monoisotopic (exact) mass is 284 g/mol. The molecule has 18 heavy (non-hydrogen) atoms. The van der Waals surface area contributed by atoms with Gasteiger partial charge in [0, 0.05) is 36.5 Å². The molecule has 1 aromatic heterocycles. The lowest BCUT2D eigenvalue weighted by Crippen LogP contribution is -2.40. The molecule has 1 aromatic rings. The second kappa shape index (κ2) is 6.37. The molecular formula is C13H20N2OS2. The first-order valence-corrected chi connectivity index (χ1v) is 8.77. The van der Waals surface area contributed by atoms with Crippen LogP contribution in [0.2, 0.25) is 0 Å². The van der Waals surface area contributed by atoms with Crippen molar-refractivity contribution in [1.29, 1.82) is 0 Å². The summed E-state index contributed by atoms with van der Waals surface area (Å²) in [6.45, 7) is 3.04. The topological polar surface area (TPSA) is 25.4 Å². The van der Waals surface area contributed by atoms with Gasteiger partial charge in [-0.3, -0.25) is 4.90 Å². The van der Waals surface area contributed by atoms with E-state index in [0.29, 0.717) is 6.10 Å². The normalized spacial score (nSPS) is 28.3. The Morgan fingerprint density at radius 3 is 3.11 bits per heavy atom. The van der Waals surface area contributed by atoms with Gasteiger partial charge in [-0.1, -0.05) is 0 Å². The molecule has 5 heteroatoms. The number of aromatic nitrogens is 1. The van der Waals surface area contributed by atoms with E-state index in [9.17, 15) is 0 Å². The second-order valence-electron chi connectivity index (χ2n) is 5.01. The summed E-state index contributed by atoms with van der Waals surface area (Å²) in [4.78, 5) is 7.04. The first kappa shape index (κ1) is 12.9. The molecule has 2 aliphatic heterocycles. The van der Waals surface area contributed by atoms with E-state index in [0.717, 1.165) is 25.7 Å². The number of thioether (sulfide) groups is 1. The minimum Gasteiger partial charge on any atom is -0.377 e. The first-order valence-electron chi connectivity index (χ1n) is 6.73. The Hall–Kier alpha value is -0.100. The van der Waals surface area contributed by atoms with E-state index in [2.05, 4.69) is 27.0 Å². The summed E-state index contributed by atoms with van der Waals surface area (Å²) in [5.74, 6) is 2.59. The lowest BCUT2D eigenvalue weighted by atomic mass is 10.1. The maximum Gasteiger partial charge on any atom is 0.107 e. The highest BCUT2D eigenvalue weighted by Gasteiger charge is 2.27. The van der Waals surface area contributed by atoms with Gasteiger partial charge in [-0.2, -0.15) is 11.8 Å². The van der Waals surface area contributed by atoms with E-state index >= 15 is 0 Å². The molecule has 3 heterocycles. The SMILES string of the molecule is c1csc(CN(C[C@H]2CCCO2)[C@@H]2CCSC2)n1. The zero-order valence-electron chi connectivity index (χ0n) is 10.6. The van der Waals surface area contributed by atoms with Crippen molar-refractivity contribution in [2.24, 2.45) is 0 Å². The zero-order chi connectivity index (χ0) is 12.2. The summed E-state index contributed by atoms with van der Waals surface area (Å²) < 4.78 is 5.80. The van der Waals surface area contributed by atoms with Crippen LogP contribution >= 0.6 is 23.1 Å². The van der Waals surface area contributed by atoms with Gasteiger partial charge in [-0.15, -0.1) is 11.3 Å². The Kier molecular flexibility index (Phi) is 4.57. The molecule has 0 saturated carbocycles. The Balaban J connectivity index is 1.62. The summed E-state index contributed by atoms with van der Waals surface area (Å²) in [5.41, 5.74) is 0. The van der Waals surface area contributed by atoms with Gasteiger partial charge in [0.15, 0.2) is 0 Å². The van der Waals surface area contributed by atoms with Crippen LogP contribution < -0.4 is 0 Å². The number of hydrogen-bond donors (Lipinski definition) is 0. The predicted octanol–water partition coefficient (Wildman–Crippen LogP) is 2.63. The lowest BCUT2D eigenvalue weighted by molar-refractivity contribution is 0.0575. The number of ether oxygens (including phenoxy) is 1. The molecule has 0 radical (unpaired) electrons. The Morgan fingerprint density at radius 2 is 2.44 bits per heavy atom. The molecule has 0 bridgehead atoms. The van der Waals surface area contributed by atoms with Crippen molar-refractivity contribution in [2.75, 3.05) is 24.7 Å². The lowest BCUT2D eigenvalue weighted by Gasteiger charge is -2.29. The number of nitrogens with zero attached hydrogens (tertiary/aromatic N) is 2. The van der Waals surface area contributed by atoms with Crippen LogP contribution in [0.5, 0.6) is 0 Å². The fourth-order valence-electron chi connectivity index (χ4n) is 2.71. The van der Waals surface area contributed by atoms with E-state index in [1.165, 1.54) is 35.8 Å². The van der Waals surface area contributed by atoms with Crippen LogP contribution in [0.1, 0.15) is 24.3 Å². The number of rotatable bonds is 5. The summed E-state index contributed by atoms with van der Waals surface area (Å²) in [6, 6.07) is 0.725. The van der Waals surface area contributed by atoms with Gasteiger partial charge in [-0.25, -0.2) is 4.98 Å². The third-order valence-electron chi connectivity index (χ3n) is 3.71. The molecule has 2 aliphatic rings. The summed E-state index contributed by atoms with van der Waals surface area (Å²) >= 11 is 3.85. The zero-order valence-corrected chi connectivity index (χ0v) is 12.2. The molecule has 0 unspecified atom stereocenters. The van der Waals surface area contributed by atoms with E-state index < -0.39 is 0 Å². The Labute approximate surface area is 117 Å². The smallest absolute Gasteiger partial charge is 0.107 e. The predicted molar refractivity (Wildman–Crippen MR) is 77.2 cm³/mol. The molecule has 0 N–H and O–H groups in total. The van der Waals surface area contributed by atoms with E-state index in [1.807, 2.05) is 6.20 Å². The molecule has 2 saturated heterocycles. The maximum absolute atomic E-state index is 5.80. The minimum atomic E-state index is 0.454. The van der Waals surface area contributed by atoms with Gasteiger partial charge in [0.1, 0.15) is 5.01 Å². The van der Waals surface area contributed by atoms with Gasteiger partial charge >= 0.3 is 0 Å². The quantitative estimate of drug-likeness (QED) is 0.830. The van der Waals surface area contributed by atoms with Gasteiger partial charge in [0.25, 0.3) is 0 Å². The average Bonchev–Trinajstić information content (AvgIpc) is 3.13. The molecule has 0 amide bonds. The first-order chi connectivity index (χ1) is 8.92. The molecule has 3 nitrogen and oxygen atoms in total. The van der Waals surface area contributed by atoms with Crippen LogP contribution in [0.15, 0.2) is 11.6 Å². The second-order valence-corrected chi connectivity index (χ2v) is 7.14. The minimum absolute atomic E-state index is 0.454. The molecule has 100 valence electrons. The molecule has 3 rings (SSSR count). The highest BCUT2D eigenvalue weighted by atomic mass is 32.2. The van der Waals surface area contributed by atoms with Crippen LogP contribution in [0.4, 0.5) is 0 Å². The highest BCUT2D eigenvalue weighted by molar-refractivity contribution is 7.99. The standard InChI is InChI=1S/C13H20N2OS2/c1-2-12(16-5-1)8-15(11-3-6-17-10-11)9-13-14-4-7-18-13/h4,7,11-12H,1-3,5-6,8-10H2/t11-,12-/m1/s1. The average molecular weight is 284 g/mol. The molecule has 0 spiro atoms. The Morgan fingerprint density at radius 1 is 1.44 bits per heavy atom. The van der Waals surface area contributed by atoms with Crippen LogP contribution in [0.25, 0.3) is 0 Å². The number of thiazole rings is 1. The van der Waals surface area contributed by atoms with E-state index in [4.69, 9.17) is 4.74 Å². The van der Waals surface area contributed by atoms with E-state index in [1.54, 1.807) is 11.3 Å². The van der Waals surface area contributed by atoms with Crippen LogP contribution in [-0.4, -0.2) is 46.7 Å². The third-order valence-corrected chi connectivity index (χ3v) is 5.62. The molecule has 0 aliphatic carbocycles. The van der Waals surface area contributed by atoms with Crippen molar-refractivity contribution in [3.8, 4) is 0 Å². The van der Waals surface area contributed by atoms with Crippen molar-refractivity contribution in [1.82, 2.24) is 9.88 Å². The fourth-order valence-corrected chi connectivity index (χ4v) is 4.60. The fraction of sp³-hybridized carbons (Fsp3) is 0.769. The van der Waals surface area contributed by atoms with Crippen molar-refractivity contribution in [2.45, 2.75) is 38.0 Å². The van der Waals surface area contributed by atoms with Crippen LogP contribution in [0, 0.1) is 0 Å². The van der Waals surface area contributed by atoms with Crippen LogP contribution in [-0.2, 0) is 11.3 Å². The summed E-state index contributed by atoms with van der Waals surface area (Å²) in [6.07, 6.45) is 6.15. The summed E-state index contributed by atoms with van der Waals surface area (Å²) in [7, 11) is 0. The largest absolute Gasteiger partial charge is 0.377 e. The van der Waals surface area contributed by atoms with Crippen molar-refractivity contribution < 1.29 is 4.74 Å². The summed E-state index contributed by atoms with van der Waals surface area (Å²) in [5, 5.41) is 3.31. The van der Waals surface area contributed by atoms with Gasteiger partial charge in [0.05, 0.1) is 12.6 Å². The van der Waals surface area contributed by atoms with E-state index in [-0.39, 0.29) is 0 Å². The van der Waals surface area contributed by atoms with Crippen molar-refractivity contribution >= 4 is 23.1 Å². The molecule has 2 fully saturated rings. The molecular weight excluding hydrogens is 264 g/mol. The Bertz CT molecular complexity index is 346. The third kappa shape index (κ3) is 3.26. The van der Waals surface area contributed by atoms with Crippen molar-refractivity contribution in [3.05, 3.63) is 16.6 Å². The van der Waals surface area contributed by atoms with Crippen LogP contribution in [0.3, 0.4) is 0 Å². The van der Waals surface area contributed by atoms with Crippen molar-refractivity contribution in [3.63, 3.8) is 0 Å². The molecule has 0 aromatic carbocycles. The maximum atomic E-state index is 5.80. The van der Waals surface area contributed by atoms with Gasteiger partial charge in [0.2, 0.25) is 0 Å².